The summed E-state index contributed by atoms with van der Waals surface area (Å²) < 4.78 is 0. The molecule has 2 aliphatic rings. The van der Waals surface area contributed by atoms with Gasteiger partial charge in [0.2, 0.25) is 5.91 Å². The van der Waals surface area contributed by atoms with E-state index in [0.29, 0.717) is 17.8 Å². The zero-order chi connectivity index (χ0) is 21.3. The molecular formula is C24H25N3O2S. The molecule has 1 aromatic carbocycles. The molecule has 1 N–H and O–H groups in total. The molecule has 0 spiro atoms. The van der Waals surface area contributed by atoms with Crippen LogP contribution < -0.4 is 5.32 Å². The summed E-state index contributed by atoms with van der Waals surface area (Å²) in [6.45, 7) is 3.84. The van der Waals surface area contributed by atoms with Gasteiger partial charge in [-0.3, -0.25) is 14.6 Å². The largest absolute Gasteiger partial charge is 0.310 e. The summed E-state index contributed by atoms with van der Waals surface area (Å²) in [7, 11) is 0. The van der Waals surface area contributed by atoms with Crippen LogP contribution in [0.2, 0.25) is 0 Å². The van der Waals surface area contributed by atoms with Crippen LogP contribution in [-0.4, -0.2) is 28.6 Å². The lowest BCUT2D eigenvalue weighted by atomic mass is 9.71. The minimum Gasteiger partial charge on any atom is -0.310 e. The molecule has 2 heterocycles. The lowest BCUT2D eigenvalue weighted by Gasteiger charge is -2.35. The number of aliphatic imine (C=N–C) groups is 1. The van der Waals surface area contributed by atoms with Gasteiger partial charge in [-0.15, -0.1) is 11.8 Å². The van der Waals surface area contributed by atoms with Crippen molar-refractivity contribution in [3.8, 4) is 0 Å². The third kappa shape index (κ3) is 3.97. The Morgan fingerprint density at radius 2 is 1.87 bits per heavy atom. The van der Waals surface area contributed by atoms with Crippen molar-refractivity contribution in [3.63, 3.8) is 0 Å². The van der Waals surface area contributed by atoms with Crippen LogP contribution in [0.3, 0.4) is 0 Å². The first-order chi connectivity index (χ1) is 14.5. The molecule has 2 atom stereocenters. The summed E-state index contributed by atoms with van der Waals surface area (Å²) in [4.78, 5) is 36.5. The molecule has 154 valence electrons. The highest BCUT2D eigenvalue weighted by molar-refractivity contribution is 7.98. The number of hydrogen-bond acceptors (Lipinski definition) is 5. The summed E-state index contributed by atoms with van der Waals surface area (Å²) in [5.41, 5.74) is 4.30. The number of amides is 1. The Balaban J connectivity index is 1.75. The van der Waals surface area contributed by atoms with Gasteiger partial charge in [0, 0.05) is 40.4 Å². The minimum absolute atomic E-state index is 0.109. The topological polar surface area (TPSA) is 71.4 Å². The lowest BCUT2D eigenvalue weighted by molar-refractivity contribution is -0.119. The van der Waals surface area contributed by atoms with E-state index in [1.165, 1.54) is 0 Å². The maximum absolute atomic E-state index is 13.4. The molecule has 1 aliphatic carbocycles. The number of anilines is 1. The molecule has 4 rings (SSSR count). The van der Waals surface area contributed by atoms with E-state index < -0.39 is 5.92 Å². The van der Waals surface area contributed by atoms with Crippen LogP contribution in [0.4, 0.5) is 5.82 Å². The molecule has 30 heavy (non-hydrogen) atoms. The number of benzene rings is 1. The number of nitrogens with zero attached hydrogens (tertiary/aromatic N) is 2. The average molecular weight is 420 g/mol. The Morgan fingerprint density at radius 3 is 2.53 bits per heavy atom. The number of Topliss-reactive ketones (excluding diaryl/α,β-unsaturated/α-hetero) is 1. The summed E-state index contributed by atoms with van der Waals surface area (Å²) in [5.74, 6) is -0.445. The zero-order valence-electron chi connectivity index (χ0n) is 17.4. The number of carbonyl (C=O) groups is 2. The third-order valence-electron chi connectivity index (χ3n) is 5.75. The number of aromatic nitrogens is 1. The molecule has 0 saturated carbocycles. The SMILES string of the molecule is CSc1ccc([C@@H]2C3=C(CCCC3=O)N=C(C)C2C(=O)Nc2ccc(C)cn2)cc1. The minimum atomic E-state index is -0.547. The highest BCUT2D eigenvalue weighted by Gasteiger charge is 2.42. The van der Waals surface area contributed by atoms with Gasteiger partial charge in [0.15, 0.2) is 5.78 Å². The quantitative estimate of drug-likeness (QED) is 0.713. The van der Waals surface area contributed by atoms with Gasteiger partial charge >= 0.3 is 0 Å². The molecule has 1 unspecified atom stereocenters. The van der Waals surface area contributed by atoms with E-state index in [4.69, 9.17) is 4.99 Å². The molecular weight excluding hydrogens is 394 g/mol. The number of thioether (sulfide) groups is 1. The Hall–Kier alpha value is -2.73. The van der Waals surface area contributed by atoms with Crippen LogP contribution in [0.1, 0.15) is 43.2 Å². The second-order valence-electron chi connectivity index (χ2n) is 7.83. The monoisotopic (exact) mass is 419 g/mol. The van der Waals surface area contributed by atoms with Gasteiger partial charge in [-0.05, 0) is 62.3 Å². The smallest absolute Gasteiger partial charge is 0.235 e. The Morgan fingerprint density at radius 1 is 1.10 bits per heavy atom. The van der Waals surface area contributed by atoms with Gasteiger partial charge < -0.3 is 5.32 Å². The van der Waals surface area contributed by atoms with Gasteiger partial charge in [0.25, 0.3) is 0 Å². The Kier molecular flexibility index (Phi) is 5.86. The fourth-order valence-corrected chi connectivity index (χ4v) is 4.67. The first-order valence-electron chi connectivity index (χ1n) is 10.2. The van der Waals surface area contributed by atoms with Crippen molar-refractivity contribution in [1.29, 1.82) is 0 Å². The molecule has 2 aromatic rings. The molecule has 1 amide bonds. The molecule has 0 saturated heterocycles. The first-order valence-corrected chi connectivity index (χ1v) is 11.4. The molecule has 5 nitrogen and oxygen atoms in total. The predicted octanol–water partition coefficient (Wildman–Crippen LogP) is 4.93. The van der Waals surface area contributed by atoms with Crippen LogP contribution in [0.25, 0.3) is 0 Å². The number of ketones is 1. The number of hydrogen-bond donors (Lipinski definition) is 1. The van der Waals surface area contributed by atoms with Gasteiger partial charge in [-0.25, -0.2) is 4.98 Å². The molecule has 6 heteroatoms. The van der Waals surface area contributed by atoms with Crippen LogP contribution in [-0.2, 0) is 9.59 Å². The van der Waals surface area contributed by atoms with E-state index in [2.05, 4.69) is 10.3 Å². The summed E-state index contributed by atoms with van der Waals surface area (Å²) in [6.07, 6.45) is 5.87. The standard InChI is InChI=1S/C24H25N3O2S/c1-14-7-12-20(25-13-14)27-24(29)21-15(2)26-18-5-4-6-19(28)23(18)22(21)16-8-10-17(30-3)11-9-16/h7-13,21-22H,4-6H2,1-3H3,(H,25,27,29)/t21?,22-/m0/s1. The van der Waals surface area contributed by atoms with E-state index in [0.717, 1.165) is 40.3 Å². The molecule has 0 radical (unpaired) electrons. The van der Waals surface area contributed by atoms with Crippen LogP contribution in [0.15, 0.2) is 63.8 Å². The number of rotatable bonds is 4. The third-order valence-corrected chi connectivity index (χ3v) is 6.50. The van der Waals surface area contributed by atoms with Crippen molar-refractivity contribution in [2.45, 2.75) is 43.9 Å². The van der Waals surface area contributed by atoms with E-state index in [9.17, 15) is 9.59 Å². The number of aryl methyl sites for hydroxylation is 1. The van der Waals surface area contributed by atoms with E-state index in [1.54, 1.807) is 24.0 Å². The van der Waals surface area contributed by atoms with Crippen molar-refractivity contribution in [2.75, 3.05) is 11.6 Å². The van der Waals surface area contributed by atoms with Crippen molar-refractivity contribution >= 4 is 35.0 Å². The van der Waals surface area contributed by atoms with Crippen LogP contribution in [0.5, 0.6) is 0 Å². The summed E-state index contributed by atoms with van der Waals surface area (Å²) in [6, 6.07) is 11.9. The summed E-state index contributed by atoms with van der Waals surface area (Å²) in [5, 5.41) is 2.93. The highest BCUT2D eigenvalue weighted by atomic mass is 32.2. The van der Waals surface area contributed by atoms with E-state index in [1.807, 2.05) is 50.4 Å². The molecule has 1 aromatic heterocycles. The molecule has 1 aliphatic heterocycles. The Bertz CT molecular complexity index is 1040. The summed E-state index contributed by atoms with van der Waals surface area (Å²) >= 11 is 1.67. The van der Waals surface area contributed by atoms with E-state index in [-0.39, 0.29) is 17.6 Å². The highest BCUT2D eigenvalue weighted by Crippen LogP contribution is 2.43. The first kappa shape index (κ1) is 20.5. The van der Waals surface area contributed by atoms with Crippen molar-refractivity contribution in [2.24, 2.45) is 10.9 Å². The Labute approximate surface area is 181 Å². The molecule has 0 bridgehead atoms. The van der Waals surface area contributed by atoms with Crippen LogP contribution in [0, 0.1) is 12.8 Å². The van der Waals surface area contributed by atoms with Gasteiger partial charge in [0.05, 0.1) is 5.92 Å². The predicted molar refractivity (Wildman–Crippen MR) is 121 cm³/mol. The van der Waals surface area contributed by atoms with Crippen molar-refractivity contribution in [1.82, 2.24) is 4.98 Å². The van der Waals surface area contributed by atoms with E-state index >= 15 is 0 Å². The van der Waals surface area contributed by atoms with Gasteiger partial charge in [-0.1, -0.05) is 18.2 Å². The number of pyridine rings is 1. The van der Waals surface area contributed by atoms with Gasteiger partial charge in [-0.2, -0.15) is 0 Å². The van der Waals surface area contributed by atoms with Gasteiger partial charge in [0.1, 0.15) is 5.82 Å². The fraction of sp³-hybridized carbons (Fsp3) is 0.333. The second-order valence-corrected chi connectivity index (χ2v) is 8.71. The normalized spacial score (nSPS) is 21.2. The maximum atomic E-state index is 13.4. The molecule has 0 fully saturated rings. The average Bonchev–Trinajstić information content (AvgIpc) is 2.74. The number of nitrogens with one attached hydrogen (secondary N) is 1. The second kappa shape index (κ2) is 8.56. The number of allylic oxidation sites excluding steroid dienone is 2. The lowest BCUT2D eigenvalue weighted by Crippen LogP contribution is -2.39. The van der Waals surface area contributed by atoms with Crippen molar-refractivity contribution in [3.05, 3.63) is 65.0 Å². The number of carbonyl (C=O) groups excluding carboxylic acids is 2. The fourth-order valence-electron chi connectivity index (χ4n) is 4.26. The van der Waals surface area contributed by atoms with Crippen molar-refractivity contribution < 1.29 is 9.59 Å². The zero-order valence-corrected chi connectivity index (χ0v) is 18.3. The van der Waals surface area contributed by atoms with Crippen LogP contribution >= 0.6 is 11.8 Å². The maximum Gasteiger partial charge on any atom is 0.235 e.